The minimum absolute atomic E-state index is 0.0841. The summed E-state index contributed by atoms with van der Waals surface area (Å²) in [6.07, 6.45) is 9.22. The molecular weight excluding hydrogens is 306 g/mol. The van der Waals surface area contributed by atoms with E-state index in [1.807, 2.05) is 0 Å². The molecule has 0 spiro atoms. The molecule has 2 aliphatic rings. The summed E-state index contributed by atoms with van der Waals surface area (Å²) in [5, 5.41) is 2.35. The van der Waals surface area contributed by atoms with Crippen molar-refractivity contribution in [1.82, 2.24) is 10.2 Å². The van der Waals surface area contributed by atoms with E-state index in [4.69, 9.17) is 0 Å². The summed E-state index contributed by atoms with van der Waals surface area (Å²) in [5.74, 6) is -1.88. The SMILES string of the molecule is CCCCCCN=C(C)C1C(=O)NC(=O)N(C2CCCCC2)C1=O. The normalized spacial score (nSPS) is 23.6. The maximum atomic E-state index is 12.8. The zero-order chi connectivity index (χ0) is 17.5. The van der Waals surface area contributed by atoms with E-state index in [1.165, 1.54) is 11.3 Å². The lowest BCUT2D eigenvalue weighted by Gasteiger charge is -2.37. The third-order valence-electron chi connectivity index (χ3n) is 4.93. The molecule has 2 fully saturated rings. The van der Waals surface area contributed by atoms with Crippen LogP contribution in [0, 0.1) is 5.92 Å². The molecule has 0 bridgehead atoms. The number of carbonyl (C=O) groups excluding carboxylic acids is 3. The Labute approximate surface area is 144 Å². The molecule has 1 saturated carbocycles. The topological polar surface area (TPSA) is 78.8 Å². The number of barbiturate groups is 1. The molecule has 1 N–H and O–H groups in total. The monoisotopic (exact) mass is 335 g/mol. The second-order valence-electron chi connectivity index (χ2n) is 6.81. The fourth-order valence-electron chi connectivity index (χ4n) is 3.53. The molecule has 134 valence electrons. The molecule has 4 amide bonds. The molecule has 0 radical (unpaired) electrons. The molecule has 6 nitrogen and oxygen atoms in total. The summed E-state index contributed by atoms with van der Waals surface area (Å²) in [4.78, 5) is 42.8. The Morgan fingerprint density at radius 1 is 1.12 bits per heavy atom. The van der Waals surface area contributed by atoms with Gasteiger partial charge in [-0.25, -0.2) is 4.79 Å². The minimum atomic E-state index is -0.948. The number of rotatable bonds is 7. The van der Waals surface area contributed by atoms with Gasteiger partial charge in [0.05, 0.1) is 0 Å². The summed E-state index contributed by atoms with van der Waals surface area (Å²) in [7, 11) is 0. The smallest absolute Gasteiger partial charge is 0.293 e. The molecule has 1 heterocycles. The van der Waals surface area contributed by atoms with Crippen molar-refractivity contribution in [3.63, 3.8) is 0 Å². The molecule has 0 aromatic rings. The van der Waals surface area contributed by atoms with Gasteiger partial charge in [-0.15, -0.1) is 0 Å². The van der Waals surface area contributed by atoms with Gasteiger partial charge in [0.15, 0.2) is 5.92 Å². The van der Waals surface area contributed by atoms with Crippen LogP contribution in [0.5, 0.6) is 0 Å². The highest BCUT2D eigenvalue weighted by atomic mass is 16.2. The lowest BCUT2D eigenvalue weighted by molar-refractivity contribution is -0.141. The van der Waals surface area contributed by atoms with Gasteiger partial charge >= 0.3 is 6.03 Å². The van der Waals surface area contributed by atoms with Crippen LogP contribution in [-0.4, -0.2) is 41.0 Å². The Kier molecular flexibility index (Phi) is 6.94. The molecule has 0 aromatic carbocycles. The molecule has 2 rings (SSSR count). The number of unbranched alkanes of at least 4 members (excludes halogenated alkanes) is 3. The van der Waals surface area contributed by atoms with Crippen molar-refractivity contribution in [3.05, 3.63) is 0 Å². The number of hydrogen-bond acceptors (Lipinski definition) is 4. The maximum absolute atomic E-state index is 12.8. The van der Waals surface area contributed by atoms with E-state index in [-0.39, 0.29) is 6.04 Å². The first kappa shape index (κ1) is 18.6. The van der Waals surface area contributed by atoms with Crippen molar-refractivity contribution in [3.8, 4) is 0 Å². The number of urea groups is 1. The summed E-state index contributed by atoms with van der Waals surface area (Å²) in [5.41, 5.74) is 0.516. The number of nitrogens with zero attached hydrogens (tertiary/aromatic N) is 2. The molecule has 1 atom stereocenters. The van der Waals surface area contributed by atoms with Crippen LogP contribution in [0.15, 0.2) is 4.99 Å². The fourth-order valence-corrected chi connectivity index (χ4v) is 3.53. The standard InChI is InChI=1S/C18H29N3O3/c1-3-4-5-9-12-19-13(2)15-16(22)20-18(24)21(17(15)23)14-10-7-6-8-11-14/h14-15H,3-12H2,1-2H3,(H,20,22,24). The van der Waals surface area contributed by atoms with Crippen molar-refractivity contribution in [2.24, 2.45) is 10.9 Å². The predicted molar refractivity (Wildman–Crippen MR) is 92.9 cm³/mol. The fraction of sp³-hybridized carbons (Fsp3) is 0.778. The van der Waals surface area contributed by atoms with E-state index < -0.39 is 23.8 Å². The Bertz CT molecular complexity index is 510. The molecule has 1 aliphatic carbocycles. The molecule has 1 aliphatic heterocycles. The second-order valence-corrected chi connectivity index (χ2v) is 6.81. The van der Waals surface area contributed by atoms with Crippen LogP contribution in [0.25, 0.3) is 0 Å². The van der Waals surface area contributed by atoms with Crippen LogP contribution < -0.4 is 5.32 Å². The molecule has 1 saturated heterocycles. The summed E-state index contributed by atoms with van der Waals surface area (Å²) in [6, 6.07) is -0.650. The van der Waals surface area contributed by atoms with Crippen LogP contribution in [0.2, 0.25) is 0 Å². The predicted octanol–water partition coefficient (Wildman–Crippen LogP) is 3.05. The largest absolute Gasteiger partial charge is 0.331 e. The molecule has 6 heteroatoms. The molecular formula is C18H29N3O3. The number of hydrogen-bond donors (Lipinski definition) is 1. The van der Waals surface area contributed by atoms with Crippen LogP contribution >= 0.6 is 0 Å². The first-order valence-electron chi connectivity index (χ1n) is 9.25. The van der Waals surface area contributed by atoms with Crippen LogP contribution in [0.1, 0.15) is 71.6 Å². The highest BCUT2D eigenvalue weighted by Crippen LogP contribution is 2.26. The van der Waals surface area contributed by atoms with Crippen molar-refractivity contribution in [2.45, 2.75) is 77.7 Å². The van der Waals surface area contributed by atoms with Gasteiger partial charge in [0.1, 0.15) is 0 Å². The first-order chi connectivity index (χ1) is 11.6. The van der Waals surface area contributed by atoms with E-state index >= 15 is 0 Å². The Morgan fingerprint density at radius 3 is 2.50 bits per heavy atom. The molecule has 24 heavy (non-hydrogen) atoms. The van der Waals surface area contributed by atoms with E-state index in [0.29, 0.717) is 12.3 Å². The lowest BCUT2D eigenvalue weighted by Crippen LogP contribution is -2.62. The number of imide groups is 2. The third-order valence-corrected chi connectivity index (χ3v) is 4.93. The van der Waals surface area contributed by atoms with Gasteiger partial charge in [0, 0.05) is 18.3 Å². The zero-order valence-corrected chi connectivity index (χ0v) is 14.8. The summed E-state index contributed by atoms with van der Waals surface area (Å²) in [6.45, 7) is 4.49. The zero-order valence-electron chi connectivity index (χ0n) is 14.8. The molecule has 0 aromatic heterocycles. The van der Waals surface area contributed by atoms with E-state index in [9.17, 15) is 14.4 Å². The van der Waals surface area contributed by atoms with Gasteiger partial charge in [-0.3, -0.25) is 24.8 Å². The van der Waals surface area contributed by atoms with Gasteiger partial charge in [-0.1, -0.05) is 45.4 Å². The van der Waals surface area contributed by atoms with E-state index in [2.05, 4.69) is 17.2 Å². The van der Waals surface area contributed by atoms with Crippen molar-refractivity contribution >= 4 is 23.6 Å². The first-order valence-corrected chi connectivity index (χ1v) is 9.25. The third kappa shape index (κ3) is 4.42. The summed E-state index contributed by atoms with van der Waals surface area (Å²) >= 11 is 0. The number of aliphatic imine (C=N–C) groups is 1. The highest BCUT2D eigenvalue weighted by Gasteiger charge is 2.44. The average Bonchev–Trinajstić information content (AvgIpc) is 2.55. The summed E-state index contributed by atoms with van der Waals surface area (Å²) < 4.78 is 0. The Balaban J connectivity index is 2.04. The van der Waals surface area contributed by atoms with Gasteiger partial charge in [0.2, 0.25) is 11.8 Å². The van der Waals surface area contributed by atoms with Gasteiger partial charge in [0.25, 0.3) is 0 Å². The van der Waals surface area contributed by atoms with Crippen molar-refractivity contribution in [1.29, 1.82) is 0 Å². The Hall–Kier alpha value is -1.72. The van der Waals surface area contributed by atoms with Gasteiger partial charge < -0.3 is 0 Å². The maximum Gasteiger partial charge on any atom is 0.331 e. The van der Waals surface area contributed by atoms with Crippen LogP contribution in [0.3, 0.4) is 0 Å². The van der Waals surface area contributed by atoms with E-state index in [1.54, 1.807) is 6.92 Å². The number of amides is 4. The molecule has 1 unspecified atom stereocenters. The second kappa shape index (κ2) is 8.94. The quantitative estimate of drug-likeness (QED) is 0.441. The number of carbonyl (C=O) groups is 3. The van der Waals surface area contributed by atoms with Gasteiger partial charge in [-0.05, 0) is 26.2 Å². The minimum Gasteiger partial charge on any atom is -0.293 e. The Morgan fingerprint density at radius 2 is 1.83 bits per heavy atom. The van der Waals surface area contributed by atoms with Crippen molar-refractivity contribution in [2.75, 3.05) is 6.54 Å². The van der Waals surface area contributed by atoms with Crippen LogP contribution in [-0.2, 0) is 9.59 Å². The number of nitrogens with one attached hydrogen (secondary N) is 1. The van der Waals surface area contributed by atoms with Crippen molar-refractivity contribution < 1.29 is 14.4 Å². The highest BCUT2D eigenvalue weighted by molar-refractivity contribution is 6.27. The van der Waals surface area contributed by atoms with Crippen LogP contribution in [0.4, 0.5) is 4.79 Å². The van der Waals surface area contributed by atoms with E-state index in [0.717, 1.165) is 51.4 Å². The van der Waals surface area contributed by atoms with Gasteiger partial charge in [-0.2, -0.15) is 0 Å². The lowest BCUT2D eigenvalue weighted by atomic mass is 9.91. The average molecular weight is 335 g/mol.